The van der Waals surface area contributed by atoms with Gasteiger partial charge in [-0.1, -0.05) is 12.8 Å². The molecule has 0 amide bonds. The van der Waals surface area contributed by atoms with Crippen molar-refractivity contribution >= 4 is 17.2 Å². The number of fused-ring (bicyclic) bond motifs is 1. The fraction of sp³-hybridized carbons (Fsp3) is 0.619. The van der Waals surface area contributed by atoms with Gasteiger partial charge in [-0.2, -0.15) is 10.1 Å². The lowest BCUT2D eigenvalue weighted by molar-refractivity contribution is 0.0666. The predicted molar refractivity (Wildman–Crippen MR) is 109 cm³/mol. The van der Waals surface area contributed by atoms with Crippen LogP contribution in [0.25, 0.3) is 11.2 Å². The van der Waals surface area contributed by atoms with Crippen molar-refractivity contribution in [3.63, 3.8) is 0 Å². The van der Waals surface area contributed by atoms with Gasteiger partial charge in [-0.25, -0.2) is 14.6 Å². The number of pyridine rings is 1. The van der Waals surface area contributed by atoms with E-state index >= 15 is 0 Å². The molecule has 0 radical (unpaired) electrons. The summed E-state index contributed by atoms with van der Waals surface area (Å²) in [7, 11) is 0. The van der Waals surface area contributed by atoms with Crippen molar-refractivity contribution in [2.75, 3.05) is 18.0 Å². The maximum Gasteiger partial charge on any atom is 0.299 e. The van der Waals surface area contributed by atoms with E-state index in [4.69, 9.17) is 9.40 Å². The van der Waals surface area contributed by atoms with Gasteiger partial charge in [-0.05, 0) is 51.7 Å². The highest BCUT2D eigenvalue weighted by Gasteiger charge is 2.32. The molecule has 0 spiro atoms. The van der Waals surface area contributed by atoms with E-state index < -0.39 is 0 Å². The molecule has 0 bridgehead atoms. The Kier molecular flexibility index (Phi) is 4.73. The molecule has 154 valence electrons. The van der Waals surface area contributed by atoms with Crippen molar-refractivity contribution in [2.45, 2.75) is 70.4 Å². The highest BCUT2D eigenvalue weighted by atomic mass is 16.4. The summed E-state index contributed by atoms with van der Waals surface area (Å²) in [5.74, 6) is 2.16. The van der Waals surface area contributed by atoms with Gasteiger partial charge in [0.25, 0.3) is 6.01 Å². The highest BCUT2D eigenvalue weighted by molar-refractivity contribution is 5.70. The van der Waals surface area contributed by atoms with Gasteiger partial charge < -0.3 is 14.4 Å². The lowest BCUT2D eigenvalue weighted by atomic mass is 9.91. The Bertz CT molecular complexity index is 1000. The van der Waals surface area contributed by atoms with Crippen LogP contribution in [-0.2, 0) is 0 Å². The maximum atomic E-state index is 10.5. The van der Waals surface area contributed by atoms with Gasteiger partial charge >= 0.3 is 0 Å². The van der Waals surface area contributed by atoms with E-state index in [1.54, 1.807) is 0 Å². The number of oxazole rings is 1. The Morgan fingerprint density at radius 1 is 1.00 bits per heavy atom. The summed E-state index contributed by atoms with van der Waals surface area (Å²) >= 11 is 0. The van der Waals surface area contributed by atoms with Crippen LogP contribution in [0.1, 0.15) is 67.8 Å². The molecule has 5 rings (SSSR count). The molecule has 2 fully saturated rings. The Balaban J connectivity index is 1.33. The zero-order valence-corrected chi connectivity index (χ0v) is 17.1. The fourth-order valence-corrected chi connectivity index (χ4v) is 4.71. The van der Waals surface area contributed by atoms with Crippen LogP contribution in [0, 0.1) is 13.8 Å². The number of aryl methyl sites for hydroxylation is 2. The first-order valence-corrected chi connectivity index (χ1v) is 10.7. The standard InChI is InChI=1S/C21H28N6O2/c1-13-7-8-18-19(22-13)24-21(29-18)26-11-9-15(10-12-26)20-23-14(2)25-27(20)16-5-3-4-6-17(16)28/h7-8,15-17,28H,3-6,9-12H2,1-2H3/t16-,17-/m1/s1. The minimum atomic E-state index is -0.320. The first kappa shape index (κ1) is 18.5. The van der Waals surface area contributed by atoms with Crippen molar-refractivity contribution in [2.24, 2.45) is 0 Å². The molecular formula is C21H28N6O2. The van der Waals surface area contributed by atoms with Crippen LogP contribution in [0.2, 0.25) is 0 Å². The van der Waals surface area contributed by atoms with Crippen molar-refractivity contribution in [1.82, 2.24) is 24.7 Å². The van der Waals surface area contributed by atoms with Crippen LogP contribution in [-0.4, -0.2) is 49.0 Å². The molecule has 0 unspecified atom stereocenters. The molecule has 8 nitrogen and oxygen atoms in total. The predicted octanol–water partition coefficient (Wildman–Crippen LogP) is 3.29. The van der Waals surface area contributed by atoms with Crippen molar-refractivity contribution in [3.05, 3.63) is 29.5 Å². The number of hydrogen-bond acceptors (Lipinski definition) is 7. The van der Waals surface area contributed by atoms with Crippen LogP contribution < -0.4 is 4.90 Å². The first-order chi connectivity index (χ1) is 14.1. The summed E-state index contributed by atoms with van der Waals surface area (Å²) in [6.45, 7) is 5.61. The molecule has 1 saturated heterocycles. The average Bonchev–Trinajstić information content (AvgIpc) is 3.31. The van der Waals surface area contributed by atoms with Crippen LogP contribution in [0.15, 0.2) is 16.5 Å². The molecule has 1 aliphatic carbocycles. The first-order valence-electron chi connectivity index (χ1n) is 10.7. The van der Waals surface area contributed by atoms with E-state index in [1.165, 1.54) is 0 Å². The second kappa shape index (κ2) is 7.40. The molecule has 29 heavy (non-hydrogen) atoms. The average molecular weight is 396 g/mol. The van der Waals surface area contributed by atoms with Crippen LogP contribution >= 0.6 is 0 Å². The molecule has 2 atom stereocenters. The van der Waals surface area contributed by atoms with E-state index in [2.05, 4.69) is 20.0 Å². The second-order valence-corrected chi connectivity index (χ2v) is 8.41. The minimum absolute atomic E-state index is 0.0596. The minimum Gasteiger partial charge on any atom is -0.422 e. The highest BCUT2D eigenvalue weighted by Crippen LogP contribution is 2.35. The molecule has 2 aliphatic rings. The largest absolute Gasteiger partial charge is 0.422 e. The van der Waals surface area contributed by atoms with Gasteiger partial charge in [0.15, 0.2) is 5.58 Å². The Morgan fingerprint density at radius 2 is 1.79 bits per heavy atom. The number of nitrogens with zero attached hydrogens (tertiary/aromatic N) is 6. The van der Waals surface area contributed by atoms with E-state index in [0.717, 1.165) is 74.5 Å². The van der Waals surface area contributed by atoms with Crippen molar-refractivity contribution in [1.29, 1.82) is 0 Å². The van der Waals surface area contributed by atoms with E-state index in [-0.39, 0.29) is 12.1 Å². The molecule has 3 aromatic rings. The molecule has 8 heteroatoms. The van der Waals surface area contributed by atoms with Crippen molar-refractivity contribution in [3.8, 4) is 0 Å². The number of hydrogen-bond donors (Lipinski definition) is 1. The lowest BCUT2D eigenvalue weighted by Crippen LogP contribution is -2.35. The number of aliphatic hydroxyl groups excluding tert-OH is 1. The third kappa shape index (κ3) is 3.50. The molecule has 4 heterocycles. The molecule has 1 aliphatic heterocycles. The molecule has 3 aromatic heterocycles. The summed E-state index contributed by atoms with van der Waals surface area (Å²) in [6.07, 6.45) is 5.68. The molecule has 0 aromatic carbocycles. The quantitative estimate of drug-likeness (QED) is 0.726. The monoisotopic (exact) mass is 396 g/mol. The lowest BCUT2D eigenvalue weighted by Gasteiger charge is -2.33. The topological polar surface area (TPSA) is 93.1 Å². The number of rotatable bonds is 3. The van der Waals surface area contributed by atoms with E-state index in [9.17, 15) is 5.11 Å². The SMILES string of the molecule is Cc1ccc2oc(N3CCC(c4nc(C)nn4[C@@H]4CCCC[C@H]4O)CC3)nc2n1. The summed E-state index contributed by atoms with van der Waals surface area (Å²) in [5, 5.41) is 15.2. The third-order valence-corrected chi connectivity index (χ3v) is 6.28. The van der Waals surface area contributed by atoms with Crippen LogP contribution in [0.4, 0.5) is 6.01 Å². The summed E-state index contributed by atoms with van der Waals surface area (Å²) in [4.78, 5) is 16.0. The molecule has 1 N–H and O–H groups in total. The Labute approximate surface area is 170 Å². The Hall–Kier alpha value is -2.48. The fourth-order valence-electron chi connectivity index (χ4n) is 4.71. The number of aliphatic hydroxyl groups is 1. The van der Waals surface area contributed by atoms with Crippen LogP contribution in [0.3, 0.4) is 0 Å². The van der Waals surface area contributed by atoms with Crippen LogP contribution in [0.5, 0.6) is 0 Å². The smallest absolute Gasteiger partial charge is 0.299 e. The number of anilines is 1. The maximum absolute atomic E-state index is 10.5. The second-order valence-electron chi connectivity index (χ2n) is 8.41. The normalized spacial score (nSPS) is 23.8. The van der Waals surface area contributed by atoms with Gasteiger partial charge in [0.2, 0.25) is 5.65 Å². The summed E-state index contributed by atoms with van der Waals surface area (Å²) in [5.41, 5.74) is 2.34. The van der Waals surface area contributed by atoms with E-state index in [1.807, 2.05) is 30.7 Å². The van der Waals surface area contributed by atoms with Gasteiger partial charge in [-0.15, -0.1) is 0 Å². The van der Waals surface area contributed by atoms with Gasteiger partial charge in [0.05, 0.1) is 12.1 Å². The van der Waals surface area contributed by atoms with Crippen molar-refractivity contribution < 1.29 is 9.52 Å². The molecular weight excluding hydrogens is 368 g/mol. The molecule has 1 saturated carbocycles. The summed E-state index contributed by atoms with van der Waals surface area (Å²) in [6, 6.07) is 4.58. The van der Waals surface area contributed by atoms with Gasteiger partial charge in [0.1, 0.15) is 11.6 Å². The van der Waals surface area contributed by atoms with Gasteiger partial charge in [-0.3, -0.25) is 0 Å². The number of aromatic nitrogens is 5. The summed E-state index contributed by atoms with van der Waals surface area (Å²) < 4.78 is 7.96. The van der Waals surface area contributed by atoms with Gasteiger partial charge in [0, 0.05) is 24.7 Å². The van der Waals surface area contributed by atoms with E-state index in [0.29, 0.717) is 17.6 Å². The third-order valence-electron chi connectivity index (χ3n) is 6.28. The number of piperidine rings is 1. The zero-order valence-electron chi connectivity index (χ0n) is 17.1. The zero-order chi connectivity index (χ0) is 20.0. The Morgan fingerprint density at radius 3 is 2.59 bits per heavy atom.